The number of hydrogen-bond donors (Lipinski definition) is 2. The zero-order valence-electron chi connectivity index (χ0n) is 14.4. The standard InChI is InChI=1S/C19H21N5O/c1-3-14-7-5-6-8-17(14)22-19-23-18(13-20-24-19)21-15-9-11-16(12-10-15)25-4-2/h5-13H,3-4H2,1-2H3,(H2,21,22,23,24). The summed E-state index contributed by atoms with van der Waals surface area (Å²) in [6.07, 6.45) is 2.52. The highest BCUT2D eigenvalue weighted by atomic mass is 16.5. The monoisotopic (exact) mass is 335 g/mol. The highest BCUT2D eigenvalue weighted by Crippen LogP contribution is 2.21. The normalized spacial score (nSPS) is 10.3. The van der Waals surface area contributed by atoms with E-state index in [1.54, 1.807) is 6.20 Å². The van der Waals surface area contributed by atoms with Crippen molar-refractivity contribution in [1.82, 2.24) is 15.2 Å². The van der Waals surface area contributed by atoms with Crippen LogP contribution in [0, 0.1) is 0 Å². The smallest absolute Gasteiger partial charge is 0.249 e. The maximum Gasteiger partial charge on any atom is 0.249 e. The molecule has 0 aliphatic rings. The van der Waals surface area contributed by atoms with Gasteiger partial charge in [-0.2, -0.15) is 10.1 Å². The van der Waals surface area contributed by atoms with Crippen LogP contribution in [0.2, 0.25) is 0 Å². The molecule has 128 valence electrons. The van der Waals surface area contributed by atoms with E-state index in [-0.39, 0.29) is 0 Å². The summed E-state index contributed by atoms with van der Waals surface area (Å²) in [5.41, 5.74) is 3.10. The second-order valence-corrected chi connectivity index (χ2v) is 5.38. The Kier molecular flexibility index (Phi) is 5.41. The summed E-state index contributed by atoms with van der Waals surface area (Å²) < 4.78 is 5.44. The van der Waals surface area contributed by atoms with Crippen molar-refractivity contribution in [3.05, 3.63) is 60.3 Å². The molecule has 25 heavy (non-hydrogen) atoms. The maximum absolute atomic E-state index is 5.44. The van der Waals surface area contributed by atoms with Gasteiger partial charge >= 0.3 is 0 Å². The molecule has 0 amide bonds. The maximum atomic E-state index is 5.44. The first-order valence-electron chi connectivity index (χ1n) is 8.33. The van der Waals surface area contributed by atoms with E-state index in [1.807, 2.05) is 49.4 Å². The molecule has 1 aromatic heterocycles. The molecule has 0 aliphatic carbocycles. The number of ether oxygens (including phenoxy) is 1. The van der Waals surface area contributed by atoms with Gasteiger partial charge < -0.3 is 15.4 Å². The molecular weight excluding hydrogens is 314 g/mol. The molecule has 3 rings (SSSR count). The molecule has 1 heterocycles. The highest BCUT2D eigenvalue weighted by Gasteiger charge is 2.05. The Morgan fingerprint density at radius 1 is 0.960 bits per heavy atom. The largest absolute Gasteiger partial charge is 0.494 e. The Morgan fingerprint density at radius 2 is 1.76 bits per heavy atom. The number of aromatic nitrogens is 3. The summed E-state index contributed by atoms with van der Waals surface area (Å²) >= 11 is 0. The van der Waals surface area contributed by atoms with E-state index in [1.165, 1.54) is 5.56 Å². The topological polar surface area (TPSA) is 72.0 Å². The molecule has 0 fully saturated rings. The molecule has 2 aromatic carbocycles. The third-order valence-electron chi connectivity index (χ3n) is 3.64. The van der Waals surface area contributed by atoms with Crippen molar-refractivity contribution in [2.75, 3.05) is 17.2 Å². The van der Waals surface area contributed by atoms with Crippen LogP contribution >= 0.6 is 0 Å². The second kappa shape index (κ2) is 8.10. The molecule has 0 bridgehead atoms. The lowest BCUT2D eigenvalue weighted by Gasteiger charge is -2.10. The van der Waals surface area contributed by atoms with Crippen molar-refractivity contribution in [3.63, 3.8) is 0 Å². The predicted molar refractivity (Wildman–Crippen MR) is 99.8 cm³/mol. The Morgan fingerprint density at radius 3 is 2.52 bits per heavy atom. The van der Waals surface area contributed by atoms with Crippen LogP contribution in [0.15, 0.2) is 54.7 Å². The van der Waals surface area contributed by atoms with Gasteiger partial charge in [0.25, 0.3) is 0 Å². The quantitative estimate of drug-likeness (QED) is 0.670. The molecule has 0 unspecified atom stereocenters. The van der Waals surface area contributed by atoms with Gasteiger partial charge in [0.15, 0.2) is 5.82 Å². The van der Waals surface area contributed by atoms with E-state index >= 15 is 0 Å². The van der Waals surface area contributed by atoms with E-state index < -0.39 is 0 Å². The van der Waals surface area contributed by atoms with Crippen LogP contribution in [0.3, 0.4) is 0 Å². The van der Waals surface area contributed by atoms with Crippen LogP contribution in [0.1, 0.15) is 19.4 Å². The fourth-order valence-electron chi connectivity index (χ4n) is 2.44. The van der Waals surface area contributed by atoms with Crippen molar-refractivity contribution in [2.45, 2.75) is 20.3 Å². The van der Waals surface area contributed by atoms with Gasteiger partial charge in [-0.1, -0.05) is 25.1 Å². The average molecular weight is 335 g/mol. The Balaban J connectivity index is 1.73. The zero-order valence-corrected chi connectivity index (χ0v) is 14.4. The van der Waals surface area contributed by atoms with Gasteiger partial charge in [-0.15, -0.1) is 5.10 Å². The molecule has 0 saturated carbocycles. The van der Waals surface area contributed by atoms with Gasteiger partial charge in [0.1, 0.15) is 5.75 Å². The van der Waals surface area contributed by atoms with Crippen LogP contribution in [0.4, 0.5) is 23.1 Å². The van der Waals surface area contributed by atoms with Crippen molar-refractivity contribution in [1.29, 1.82) is 0 Å². The van der Waals surface area contributed by atoms with Gasteiger partial charge in [0.05, 0.1) is 12.8 Å². The molecule has 0 saturated heterocycles. The first-order chi connectivity index (χ1) is 12.3. The fourth-order valence-corrected chi connectivity index (χ4v) is 2.44. The summed E-state index contributed by atoms with van der Waals surface area (Å²) in [6.45, 7) is 4.73. The summed E-state index contributed by atoms with van der Waals surface area (Å²) in [5.74, 6) is 1.92. The number of aryl methyl sites for hydroxylation is 1. The molecule has 2 N–H and O–H groups in total. The zero-order chi connectivity index (χ0) is 17.5. The van der Waals surface area contributed by atoms with Crippen LogP contribution < -0.4 is 15.4 Å². The number of hydrogen-bond acceptors (Lipinski definition) is 6. The Bertz CT molecular complexity index is 820. The van der Waals surface area contributed by atoms with Gasteiger partial charge in [0.2, 0.25) is 5.95 Å². The molecule has 0 radical (unpaired) electrons. The number of nitrogens with zero attached hydrogens (tertiary/aromatic N) is 3. The number of rotatable bonds is 7. The Labute approximate surface area is 147 Å². The van der Waals surface area contributed by atoms with Crippen LogP contribution in [0.25, 0.3) is 0 Å². The van der Waals surface area contributed by atoms with E-state index in [2.05, 4.69) is 38.8 Å². The van der Waals surface area contributed by atoms with Crippen molar-refractivity contribution in [2.24, 2.45) is 0 Å². The molecular formula is C19H21N5O. The van der Waals surface area contributed by atoms with Gasteiger partial charge in [-0.05, 0) is 49.2 Å². The third kappa shape index (κ3) is 4.44. The summed E-state index contributed by atoms with van der Waals surface area (Å²) in [6, 6.07) is 15.8. The van der Waals surface area contributed by atoms with Gasteiger partial charge in [-0.3, -0.25) is 0 Å². The minimum atomic E-state index is 0.455. The predicted octanol–water partition coefficient (Wildman–Crippen LogP) is 4.32. The minimum Gasteiger partial charge on any atom is -0.494 e. The summed E-state index contributed by atoms with van der Waals surface area (Å²) in [5, 5.41) is 14.5. The number of anilines is 4. The molecule has 6 nitrogen and oxygen atoms in total. The van der Waals surface area contributed by atoms with E-state index in [9.17, 15) is 0 Å². The van der Waals surface area contributed by atoms with E-state index in [0.717, 1.165) is 23.5 Å². The molecule has 0 atom stereocenters. The third-order valence-corrected chi connectivity index (χ3v) is 3.64. The Hall–Kier alpha value is -3.15. The SMILES string of the molecule is CCOc1ccc(Nc2cnnc(Nc3ccccc3CC)n2)cc1. The van der Waals surface area contributed by atoms with Crippen molar-refractivity contribution >= 4 is 23.1 Å². The fraction of sp³-hybridized carbons (Fsp3) is 0.211. The molecule has 3 aromatic rings. The lowest BCUT2D eigenvalue weighted by molar-refractivity contribution is 0.340. The lowest BCUT2D eigenvalue weighted by Crippen LogP contribution is -2.03. The second-order valence-electron chi connectivity index (χ2n) is 5.38. The van der Waals surface area contributed by atoms with Crippen LogP contribution in [0.5, 0.6) is 5.75 Å². The van der Waals surface area contributed by atoms with Crippen molar-refractivity contribution in [3.8, 4) is 5.75 Å². The van der Waals surface area contributed by atoms with Crippen molar-refractivity contribution < 1.29 is 4.74 Å². The first kappa shape index (κ1) is 16.7. The minimum absolute atomic E-state index is 0.455. The van der Waals surface area contributed by atoms with Gasteiger partial charge in [-0.25, -0.2) is 0 Å². The number of para-hydroxylation sites is 1. The first-order valence-corrected chi connectivity index (χ1v) is 8.33. The summed E-state index contributed by atoms with van der Waals surface area (Å²) in [7, 11) is 0. The number of nitrogens with one attached hydrogen (secondary N) is 2. The molecule has 0 aliphatic heterocycles. The van der Waals surface area contributed by atoms with E-state index in [4.69, 9.17) is 4.74 Å². The summed E-state index contributed by atoms with van der Waals surface area (Å²) in [4.78, 5) is 4.47. The molecule has 6 heteroatoms. The lowest BCUT2D eigenvalue weighted by atomic mass is 10.1. The van der Waals surface area contributed by atoms with E-state index in [0.29, 0.717) is 18.4 Å². The number of benzene rings is 2. The van der Waals surface area contributed by atoms with Crippen LogP contribution in [-0.2, 0) is 6.42 Å². The highest BCUT2D eigenvalue weighted by molar-refractivity contribution is 5.61. The van der Waals surface area contributed by atoms with Crippen LogP contribution in [-0.4, -0.2) is 21.8 Å². The van der Waals surface area contributed by atoms with Gasteiger partial charge in [0, 0.05) is 11.4 Å². The average Bonchev–Trinajstić information content (AvgIpc) is 2.64. The molecule has 0 spiro atoms.